The summed E-state index contributed by atoms with van der Waals surface area (Å²) >= 11 is 0. The minimum absolute atomic E-state index is 0.285. The van der Waals surface area contributed by atoms with E-state index in [1.807, 2.05) is 12.1 Å². The standard InChI is InChI=1S/2C14H21NO/c2*1-11-5-4-6-13(9-11)14(16)7-8-15(3)10-12(14)2/h2*4-6,9,12,16H,7-8,10H2,1-3H3/t12-,14+;12-,14-/m00/s1. The van der Waals surface area contributed by atoms with Crippen LogP contribution in [0.2, 0.25) is 0 Å². The van der Waals surface area contributed by atoms with Gasteiger partial charge in [-0.05, 0) is 51.9 Å². The molecule has 176 valence electrons. The molecule has 0 aromatic heterocycles. The van der Waals surface area contributed by atoms with Gasteiger partial charge in [0.05, 0.1) is 11.2 Å². The van der Waals surface area contributed by atoms with Gasteiger partial charge in [0.2, 0.25) is 0 Å². The summed E-state index contributed by atoms with van der Waals surface area (Å²) in [6.07, 6.45) is 1.65. The summed E-state index contributed by atoms with van der Waals surface area (Å²) in [5, 5.41) is 21.7. The molecule has 0 saturated carbocycles. The van der Waals surface area contributed by atoms with Crippen molar-refractivity contribution in [1.29, 1.82) is 0 Å². The Bertz CT molecular complexity index is 827. The Morgan fingerprint density at radius 2 is 1.09 bits per heavy atom. The van der Waals surface area contributed by atoms with Crippen molar-refractivity contribution in [3.8, 4) is 0 Å². The lowest BCUT2D eigenvalue weighted by molar-refractivity contribution is -0.0661. The van der Waals surface area contributed by atoms with E-state index in [0.29, 0.717) is 0 Å². The summed E-state index contributed by atoms with van der Waals surface area (Å²) in [5.74, 6) is 0.570. The zero-order chi connectivity index (χ0) is 23.5. The lowest BCUT2D eigenvalue weighted by Gasteiger charge is -2.42. The van der Waals surface area contributed by atoms with Gasteiger partial charge in [0.15, 0.2) is 0 Å². The third-order valence-corrected chi connectivity index (χ3v) is 7.59. The first-order valence-corrected chi connectivity index (χ1v) is 12.0. The highest BCUT2D eigenvalue weighted by atomic mass is 16.3. The molecule has 2 heterocycles. The largest absolute Gasteiger partial charge is 0.385 e. The number of hydrogen-bond acceptors (Lipinski definition) is 4. The molecule has 0 bridgehead atoms. The summed E-state index contributed by atoms with van der Waals surface area (Å²) in [4.78, 5) is 4.57. The van der Waals surface area contributed by atoms with Gasteiger partial charge in [-0.15, -0.1) is 0 Å². The van der Waals surface area contributed by atoms with Crippen LogP contribution in [0.4, 0.5) is 0 Å². The summed E-state index contributed by atoms with van der Waals surface area (Å²) in [7, 11) is 4.23. The number of hydrogen-bond donors (Lipinski definition) is 2. The Morgan fingerprint density at radius 3 is 1.41 bits per heavy atom. The van der Waals surface area contributed by atoms with Crippen LogP contribution in [-0.2, 0) is 11.2 Å². The van der Waals surface area contributed by atoms with Gasteiger partial charge in [0.1, 0.15) is 0 Å². The van der Waals surface area contributed by atoms with Crippen molar-refractivity contribution < 1.29 is 10.2 Å². The third kappa shape index (κ3) is 5.43. The Kier molecular flexibility index (Phi) is 7.82. The molecule has 0 unspecified atom stereocenters. The van der Waals surface area contributed by atoms with Crippen molar-refractivity contribution >= 4 is 0 Å². The molecule has 2 saturated heterocycles. The van der Waals surface area contributed by atoms with E-state index in [4.69, 9.17) is 0 Å². The van der Waals surface area contributed by atoms with Crippen LogP contribution in [-0.4, -0.2) is 60.3 Å². The summed E-state index contributed by atoms with van der Waals surface area (Å²) < 4.78 is 0. The van der Waals surface area contributed by atoms with E-state index >= 15 is 0 Å². The predicted molar refractivity (Wildman–Crippen MR) is 133 cm³/mol. The van der Waals surface area contributed by atoms with E-state index in [1.54, 1.807) is 0 Å². The second kappa shape index (κ2) is 10.0. The molecule has 4 atom stereocenters. The topological polar surface area (TPSA) is 46.9 Å². The van der Waals surface area contributed by atoms with Gasteiger partial charge < -0.3 is 20.0 Å². The van der Waals surface area contributed by atoms with E-state index in [-0.39, 0.29) is 11.8 Å². The van der Waals surface area contributed by atoms with Crippen molar-refractivity contribution in [1.82, 2.24) is 9.80 Å². The minimum Gasteiger partial charge on any atom is -0.385 e. The maximum atomic E-state index is 10.8. The molecule has 2 aromatic rings. The quantitative estimate of drug-likeness (QED) is 0.734. The van der Waals surface area contributed by atoms with Gasteiger partial charge in [-0.1, -0.05) is 73.5 Å². The second-order valence-electron chi connectivity index (χ2n) is 10.4. The number of likely N-dealkylation sites (tertiary alicyclic amines) is 2. The number of aryl methyl sites for hydroxylation is 2. The number of benzene rings is 2. The monoisotopic (exact) mass is 438 g/mol. The lowest BCUT2D eigenvalue weighted by Crippen LogP contribution is -2.47. The van der Waals surface area contributed by atoms with E-state index in [0.717, 1.165) is 50.1 Å². The molecular formula is C28H42N2O2. The number of piperidine rings is 2. The predicted octanol–water partition coefficient (Wildman–Crippen LogP) is 4.31. The van der Waals surface area contributed by atoms with Crippen molar-refractivity contribution in [2.75, 3.05) is 40.3 Å². The average Bonchev–Trinajstić information content (AvgIpc) is 2.74. The fourth-order valence-electron chi connectivity index (χ4n) is 5.32. The Morgan fingerprint density at radius 1 is 0.719 bits per heavy atom. The highest BCUT2D eigenvalue weighted by molar-refractivity contribution is 5.29. The maximum absolute atomic E-state index is 10.8. The first-order valence-electron chi connectivity index (χ1n) is 12.0. The fourth-order valence-corrected chi connectivity index (χ4v) is 5.32. The number of aliphatic hydroxyl groups is 2. The van der Waals surface area contributed by atoms with Crippen LogP contribution in [0, 0.1) is 25.7 Å². The van der Waals surface area contributed by atoms with Crippen LogP contribution in [0.5, 0.6) is 0 Å². The number of rotatable bonds is 2. The number of nitrogens with zero attached hydrogens (tertiary/aromatic N) is 2. The van der Waals surface area contributed by atoms with Crippen molar-refractivity contribution in [2.45, 2.75) is 51.7 Å². The third-order valence-electron chi connectivity index (χ3n) is 7.59. The average molecular weight is 439 g/mol. The SMILES string of the molecule is Cc1cccc([C@@]2(O)CCN(C)C[C@@H]2C)c1.Cc1cccc([C@]2(O)CCN(C)C[C@@H]2C)c1. The molecule has 2 aromatic carbocycles. The minimum atomic E-state index is -0.640. The van der Waals surface area contributed by atoms with Crippen LogP contribution in [0.25, 0.3) is 0 Å². The Balaban J connectivity index is 0.000000181. The molecule has 0 spiro atoms. The van der Waals surface area contributed by atoms with E-state index in [2.05, 4.69) is 88.0 Å². The molecule has 4 rings (SSSR count). The van der Waals surface area contributed by atoms with Crippen LogP contribution in [0.1, 0.15) is 48.9 Å². The van der Waals surface area contributed by atoms with Crippen LogP contribution in [0.3, 0.4) is 0 Å². The molecule has 2 fully saturated rings. The zero-order valence-corrected chi connectivity index (χ0v) is 20.8. The van der Waals surface area contributed by atoms with Crippen molar-refractivity contribution in [3.63, 3.8) is 0 Å². The zero-order valence-electron chi connectivity index (χ0n) is 20.8. The molecule has 2 N–H and O–H groups in total. The van der Waals surface area contributed by atoms with Gasteiger partial charge in [-0.2, -0.15) is 0 Å². The highest BCUT2D eigenvalue weighted by Crippen LogP contribution is 2.38. The summed E-state index contributed by atoms with van der Waals surface area (Å²) in [6.45, 7) is 12.3. The summed E-state index contributed by atoms with van der Waals surface area (Å²) in [5.41, 5.74) is 3.31. The Labute approximate surface area is 194 Å². The molecule has 2 aliphatic rings. The lowest BCUT2D eigenvalue weighted by atomic mass is 9.77. The van der Waals surface area contributed by atoms with E-state index in [9.17, 15) is 10.2 Å². The fraction of sp³-hybridized carbons (Fsp3) is 0.571. The van der Waals surface area contributed by atoms with Crippen LogP contribution < -0.4 is 0 Å². The van der Waals surface area contributed by atoms with Gasteiger partial charge in [-0.3, -0.25) is 0 Å². The molecule has 4 heteroatoms. The van der Waals surface area contributed by atoms with Crippen molar-refractivity contribution in [3.05, 3.63) is 70.8 Å². The maximum Gasteiger partial charge on any atom is 0.0946 e. The molecule has 4 nitrogen and oxygen atoms in total. The smallest absolute Gasteiger partial charge is 0.0946 e. The Hall–Kier alpha value is -1.72. The van der Waals surface area contributed by atoms with Crippen LogP contribution in [0.15, 0.2) is 48.5 Å². The first kappa shape index (κ1) is 24.9. The molecule has 2 aliphatic heterocycles. The molecule has 0 aliphatic carbocycles. The highest BCUT2D eigenvalue weighted by Gasteiger charge is 2.40. The van der Waals surface area contributed by atoms with Crippen molar-refractivity contribution in [2.24, 2.45) is 11.8 Å². The first-order chi connectivity index (χ1) is 15.0. The van der Waals surface area contributed by atoms with Gasteiger partial charge >= 0.3 is 0 Å². The molecular weight excluding hydrogens is 396 g/mol. The normalized spacial score (nSPS) is 31.6. The molecule has 32 heavy (non-hydrogen) atoms. The van der Waals surface area contributed by atoms with Crippen LogP contribution >= 0.6 is 0 Å². The van der Waals surface area contributed by atoms with E-state index in [1.165, 1.54) is 11.1 Å². The second-order valence-corrected chi connectivity index (χ2v) is 10.4. The molecule has 0 amide bonds. The summed E-state index contributed by atoms with van der Waals surface area (Å²) in [6, 6.07) is 16.5. The van der Waals surface area contributed by atoms with Gasteiger partial charge in [-0.25, -0.2) is 0 Å². The van der Waals surface area contributed by atoms with Gasteiger partial charge in [0.25, 0.3) is 0 Å². The molecule has 0 radical (unpaired) electrons. The van der Waals surface area contributed by atoms with Gasteiger partial charge in [0, 0.05) is 38.0 Å². The van der Waals surface area contributed by atoms with E-state index < -0.39 is 11.2 Å².